The van der Waals surface area contributed by atoms with Crippen molar-refractivity contribution in [2.75, 3.05) is 0 Å². The summed E-state index contributed by atoms with van der Waals surface area (Å²) in [6.45, 7) is 2.22. The van der Waals surface area contributed by atoms with Crippen LogP contribution in [0, 0.1) is 0 Å². The second-order valence-corrected chi connectivity index (χ2v) is 8.80. The number of aryl methyl sites for hydroxylation is 1. The van der Waals surface area contributed by atoms with Crippen molar-refractivity contribution < 1.29 is 52.4 Å². The minimum atomic E-state index is -4.41. The number of hydrogen-bond acceptors (Lipinski definition) is 4. The summed E-state index contributed by atoms with van der Waals surface area (Å²) in [5.41, 5.74) is 0.875. The van der Waals surface area contributed by atoms with Crippen molar-refractivity contribution in [3.63, 3.8) is 0 Å². The summed E-state index contributed by atoms with van der Waals surface area (Å²) in [5.74, 6) is 0.0897. The Morgan fingerprint density at radius 1 is 0.900 bits per heavy atom. The van der Waals surface area contributed by atoms with Crippen LogP contribution in [-0.2, 0) is 16.5 Å². The van der Waals surface area contributed by atoms with Crippen molar-refractivity contribution in [1.82, 2.24) is 0 Å². The largest absolute Gasteiger partial charge is 1.00 e. The molecule has 5 nitrogen and oxygen atoms in total. The van der Waals surface area contributed by atoms with Crippen LogP contribution in [0.4, 0.5) is 0 Å². The van der Waals surface area contributed by atoms with Crippen LogP contribution in [0.25, 0.3) is 0 Å². The van der Waals surface area contributed by atoms with Crippen LogP contribution >= 0.6 is 0 Å². The smallest absolute Gasteiger partial charge is 0.872 e. The maximum Gasteiger partial charge on any atom is 1.00 e. The fourth-order valence-electron chi connectivity index (χ4n) is 3.35. The Morgan fingerprint density at radius 2 is 1.50 bits per heavy atom. The van der Waals surface area contributed by atoms with Crippen LogP contribution in [0.5, 0.6) is 17.2 Å². The molecule has 1 N–H and O–H groups in total. The van der Waals surface area contributed by atoms with E-state index < -0.39 is 10.1 Å². The van der Waals surface area contributed by atoms with Crippen LogP contribution in [0.3, 0.4) is 0 Å². The number of unbranched alkanes of at least 4 members (excludes halogenated alkanes) is 8. The summed E-state index contributed by atoms with van der Waals surface area (Å²) >= 11 is 0. The zero-order valence-corrected chi connectivity index (χ0v) is 20.9. The molecule has 0 aromatic heterocycles. The van der Waals surface area contributed by atoms with Gasteiger partial charge in [-0.15, -0.1) is 5.75 Å². The summed E-state index contributed by atoms with van der Waals surface area (Å²) in [6, 6.07) is 10.5. The van der Waals surface area contributed by atoms with Gasteiger partial charge in [0.05, 0.1) is 0 Å². The zero-order chi connectivity index (χ0) is 21.1. The van der Waals surface area contributed by atoms with E-state index in [0.717, 1.165) is 24.8 Å². The molecule has 30 heavy (non-hydrogen) atoms. The van der Waals surface area contributed by atoms with Gasteiger partial charge in [-0.1, -0.05) is 76.5 Å². The minimum absolute atomic E-state index is 0. The maximum atomic E-state index is 12.0. The van der Waals surface area contributed by atoms with Gasteiger partial charge in [0.2, 0.25) is 0 Å². The first-order valence-electron chi connectivity index (χ1n) is 10.5. The molecule has 0 atom stereocenters. The molecule has 0 heterocycles. The number of benzene rings is 2. The third-order valence-electron chi connectivity index (χ3n) is 4.86. The molecule has 2 aromatic rings. The number of hydrogen-bond donors (Lipinski definition) is 1. The molecule has 160 valence electrons. The molecule has 0 bridgehead atoms. The molecule has 0 fully saturated rings. The van der Waals surface area contributed by atoms with E-state index in [1.165, 1.54) is 69.2 Å². The molecule has 0 unspecified atom stereocenters. The molecule has 7 heteroatoms. The summed E-state index contributed by atoms with van der Waals surface area (Å²) < 4.78 is 37.9. The Kier molecular flexibility index (Phi) is 12.7. The average molecular weight is 443 g/mol. The Morgan fingerprint density at radius 3 is 2.13 bits per heavy atom. The van der Waals surface area contributed by atoms with Gasteiger partial charge < -0.3 is 9.84 Å². The molecule has 0 aliphatic heterocycles. The van der Waals surface area contributed by atoms with E-state index in [4.69, 9.17) is 4.74 Å². The quantitative estimate of drug-likeness (QED) is 0.293. The SMILES string of the molecule is CCCCCCCCCCCc1cc([O-])cc(Oc2ccccc2S(=O)(=O)O)c1.[Na+]. The van der Waals surface area contributed by atoms with E-state index in [-0.39, 0.29) is 51.7 Å². The van der Waals surface area contributed by atoms with Crippen LogP contribution in [0.1, 0.15) is 70.3 Å². The summed E-state index contributed by atoms with van der Waals surface area (Å²) in [5, 5.41) is 12.0. The fraction of sp³-hybridized carbons (Fsp3) is 0.478. The van der Waals surface area contributed by atoms with Gasteiger partial charge in [0.25, 0.3) is 10.1 Å². The Bertz CT molecular complexity index is 868. The molecule has 0 amide bonds. The van der Waals surface area contributed by atoms with Gasteiger partial charge in [-0.3, -0.25) is 4.55 Å². The van der Waals surface area contributed by atoms with Gasteiger partial charge in [-0.05, 0) is 42.7 Å². The van der Waals surface area contributed by atoms with E-state index >= 15 is 0 Å². The standard InChI is InChI=1S/C23H32O5S.Na/c1-2-3-4-5-6-7-8-9-10-13-19-16-20(24)18-21(17-19)28-22-14-11-12-15-23(22)29(25,26)27;/h11-12,14-18,24H,2-10,13H2,1H3,(H,25,26,27);/q;+1/p-1. The monoisotopic (exact) mass is 442 g/mol. The molecular formula is C23H31NaO5S. The maximum absolute atomic E-state index is 12.0. The molecule has 0 radical (unpaired) electrons. The first-order chi connectivity index (χ1) is 13.9. The molecule has 2 aromatic carbocycles. The fourth-order valence-corrected chi connectivity index (χ4v) is 3.96. The minimum Gasteiger partial charge on any atom is -0.872 e. The van der Waals surface area contributed by atoms with Gasteiger partial charge in [0, 0.05) is 0 Å². The summed E-state index contributed by atoms with van der Waals surface area (Å²) in [7, 11) is -4.41. The van der Waals surface area contributed by atoms with Gasteiger partial charge in [-0.2, -0.15) is 8.42 Å². The number of para-hydroxylation sites is 1. The first-order valence-corrected chi connectivity index (χ1v) is 11.9. The number of rotatable bonds is 13. The van der Waals surface area contributed by atoms with E-state index in [1.54, 1.807) is 18.2 Å². The van der Waals surface area contributed by atoms with Crippen LogP contribution < -0.4 is 39.4 Å². The Balaban J connectivity index is 0.00000450. The van der Waals surface area contributed by atoms with Gasteiger partial charge >= 0.3 is 29.6 Å². The van der Waals surface area contributed by atoms with E-state index in [9.17, 15) is 18.1 Å². The topological polar surface area (TPSA) is 86.7 Å². The van der Waals surface area contributed by atoms with Crippen molar-refractivity contribution >= 4 is 10.1 Å². The zero-order valence-electron chi connectivity index (χ0n) is 18.1. The summed E-state index contributed by atoms with van der Waals surface area (Å²) in [6.07, 6.45) is 11.9. The third kappa shape index (κ3) is 9.84. The van der Waals surface area contributed by atoms with Crippen molar-refractivity contribution in [1.29, 1.82) is 0 Å². The molecular weight excluding hydrogens is 411 g/mol. The molecule has 0 saturated carbocycles. The van der Waals surface area contributed by atoms with Crippen LogP contribution in [0.2, 0.25) is 0 Å². The van der Waals surface area contributed by atoms with Crippen molar-refractivity contribution in [3.8, 4) is 17.2 Å². The van der Waals surface area contributed by atoms with Crippen LogP contribution in [0.15, 0.2) is 47.4 Å². The normalized spacial score (nSPS) is 11.1. The van der Waals surface area contributed by atoms with Crippen molar-refractivity contribution in [2.24, 2.45) is 0 Å². The third-order valence-corrected chi connectivity index (χ3v) is 5.76. The van der Waals surface area contributed by atoms with Crippen LogP contribution in [-0.4, -0.2) is 13.0 Å². The second-order valence-electron chi connectivity index (χ2n) is 7.41. The van der Waals surface area contributed by atoms with E-state index in [0.29, 0.717) is 0 Å². The van der Waals surface area contributed by atoms with Gasteiger partial charge in [0.15, 0.2) is 0 Å². The average Bonchev–Trinajstić information content (AvgIpc) is 2.66. The second kappa shape index (κ2) is 14.1. The molecule has 0 aliphatic rings. The summed E-state index contributed by atoms with van der Waals surface area (Å²) in [4.78, 5) is -0.322. The van der Waals surface area contributed by atoms with E-state index in [1.807, 2.05) is 0 Å². The molecule has 0 spiro atoms. The Hall–Kier alpha value is -1.05. The first kappa shape index (κ1) is 27.0. The van der Waals surface area contributed by atoms with Crippen molar-refractivity contribution in [3.05, 3.63) is 48.0 Å². The predicted molar refractivity (Wildman–Crippen MR) is 113 cm³/mol. The Labute approximate surface area is 202 Å². The molecule has 2 rings (SSSR count). The van der Waals surface area contributed by atoms with Gasteiger partial charge in [0.1, 0.15) is 16.4 Å². The number of ether oxygens (including phenoxy) is 1. The molecule has 0 saturated heterocycles. The van der Waals surface area contributed by atoms with Crippen molar-refractivity contribution in [2.45, 2.75) is 76.0 Å². The molecule has 0 aliphatic carbocycles. The predicted octanol–water partition coefficient (Wildman–Crippen LogP) is 2.88. The van der Waals surface area contributed by atoms with Gasteiger partial charge in [-0.25, -0.2) is 0 Å². The van der Waals surface area contributed by atoms with E-state index in [2.05, 4.69) is 6.92 Å².